The van der Waals surface area contributed by atoms with Crippen molar-refractivity contribution in [2.45, 2.75) is 27.2 Å². The topological polar surface area (TPSA) is 17.8 Å². The Morgan fingerprint density at radius 1 is 1.22 bits per heavy atom. The van der Waals surface area contributed by atoms with E-state index in [0.717, 1.165) is 11.1 Å². The van der Waals surface area contributed by atoms with E-state index in [1.165, 1.54) is 6.07 Å². The Balaban J connectivity index is 0.000000771. The number of hydrogen-bond acceptors (Lipinski definition) is 1. The molecular formula is C14H18F2N2. The van der Waals surface area contributed by atoms with Gasteiger partial charge >= 0.3 is 0 Å². The van der Waals surface area contributed by atoms with Crippen LogP contribution in [0, 0.1) is 6.92 Å². The Kier molecular flexibility index (Phi) is 5.01. The van der Waals surface area contributed by atoms with Crippen LogP contribution in [-0.4, -0.2) is 9.78 Å². The summed E-state index contributed by atoms with van der Waals surface area (Å²) in [6.45, 7) is 5.80. The number of aryl methyl sites for hydroxylation is 2. The second kappa shape index (κ2) is 6.28. The molecule has 0 aliphatic rings. The van der Waals surface area contributed by atoms with Crippen molar-refractivity contribution < 1.29 is 8.78 Å². The van der Waals surface area contributed by atoms with Gasteiger partial charge in [-0.2, -0.15) is 5.10 Å². The molecular weight excluding hydrogens is 234 g/mol. The van der Waals surface area contributed by atoms with E-state index < -0.39 is 6.43 Å². The van der Waals surface area contributed by atoms with Gasteiger partial charge in [0.1, 0.15) is 0 Å². The highest BCUT2D eigenvalue weighted by atomic mass is 19.3. The van der Waals surface area contributed by atoms with Crippen LogP contribution in [-0.2, 0) is 7.05 Å². The molecule has 0 saturated heterocycles. The number of alkyl halides is 2. The summed E-state index contributed by atoms with van der Waals surface area (Å²) >= 11 is 0. The van der Waals surface area contributed by atoms with Crippen molar-refractivity contribution in [2.75, 3.05) is 0 Å². The molecule has 2 nitrogen and oxygen atoms in total. The fraction of sp³-hybridized carbons (Fsp3) is 0.357. The Morgan fingerprint density at radius 3 is 2.39 bits per heavy atom. The zero-order valence-electron chi connectivity index (χ0n) is 11.1. The summed E-state index contributed by atoms with van der Waals surface area (Å²) in [5.41, 5.74) is 2.17. The van der Waals surface area contributed by atoms with Crippen LogP contribution in [0.15, 0.2) is 30.6 Å². The van der Waals surface area contributed by atoms with Gasteiger partial charge in [-0.05, 0) is 18.6 Å². The zero-order chi connectivity index (χ0) is 13.7. The van der Waals surface area contributed by atoms with Gasteiger partial charge in [0.05, 0.1) is 6.20 Å². The molecule has 0 spiro atoms. The standard InChI is InChI=1S/C12H12F2N2.C2H6/c1-8-3-4-10(11(5-8)12(13)14)9-6-15-16(2)7-9;1-2/h3-7,12H,1-2H3;1-2H3. The van der Waals surface area contributed by atoms with Gasteiger partial charge in [0.2, 0.25) is 0 Å². The van der Waals surface area contributed by atoms with E-state index in [1.54, 1.807) is 37.1 Å². The molecule has 0 aliphatic carbocycles. The molecule has 18 heavy (non-hydrogen) atoms. The smallest absolute Gasteiger partial charge is 0.264 e. The van der Waals surface area contributed by atoms with E-state index in [1.807, 2.05) is 19.9 Å². The van der Waals surface area contributed by atoms with E-state index in [4.69, 9.17) is 0 Å². The molecule has 2 rings (SSSR count). The third-order valence-corrected chi connectivity index (χ3v) is 2.46. The van der Waals surface area contributed by atoms with E-state index in [-0.39, 0.29) is 5.56 Å². The molecule has 0 N–H and O–H groups in total. The quantitative estimate of drug-likeness (QED) is 0.776. The SMILES string of the molecule is CC.Cc1ccc(-c2cnn(C)c2)c(C(F)F)c1. The summed E-state index contributed by atoms with van der Waals surface area (Å²) in [6.07, 6.45) is 0.864. The Labute approximate surface area is 106 Å². The van der Waals surface area contributed by atoms with Crippen molar-refractivity contribution >= 4 is 0 Å². The Bertz CT molecular complexity index is 504. The largest absolute Gasteiger partial charge is 0.275 e. The molecule has 1 aromatic heterocycles. The highest BCUT2D eigenvalue weighted by Gasteiger charge is 2.15. The van der Waals surface area contributed by atoms with E-state index in [9.17, 15) is 8.78 Å². The molecule has 98 valence electrons. The number of halogens is 2. The number of hydrogen-bond donors (Lipinski definition) is 0. The normalized spacial score (nSPS) is 10.2. The first kappa shape index (κ1) is 14.4. The highest BCUT2D eigenvalue weighted by Crippen LogP contribution is 2.31. The Morgan fingerprint density at radius 2 is 1.89 bits per heavy atom. The minimum Gasteiger partial charge on any atom is -0.275 e. The van der Waals surface area contributed by atoms with Gasteiger partial charge in [-0.1, -0.05) is 31.5 Å². The van der Waals surface area contributed by atoms with Gasteiger partial charge in [0.25, 0.3) is 6.43 Å². The fourth-order valence-electron chi connectivity index (χ4n) is 1.69. The molecule has 2 aromatic rings. The van der Waals surface area contributed by atoms with Crippen LogP contribution < -0.4 is 0 Å². The third kappa shape index (κ3) is 3.15. The highest BCUT2D eigenvalue weighted by molar-refractivity contribution is 5.66. The molecule has 0 atom stereocenters. The maximum absolute atomic E-state index is 12.9. The lowest BCUT2D eigenvalue weighted by Crippen LogP contribution is -1.91. The molecule has 0 saturated carbocycles. The second-order valence-corrected chi connectivity index (χ2v) is 3.79. The van der Waals surface area contributed by atoms with Gasteiger partial charge in [0, 0.05) is 24.4 Å². The van der Waals surface area contributed by atoms with Crippen LogP contribution in [0.25, 0.3) is 11.1 Å². The van der Waals surface area contributed by atoms with Crippen LogP contribution in [0.1, 0.15) is 31.4 Å². The minimum atomic E-state index is -2.46. The molecule has 1 aromatic carbocycles. The van der Waals surface area contributed by atoms with Crippen LogP contribution in [0.5, 0.6) is 0 Å². The average Bonchev–Trinajstić information content (AvgIpc) is 2.78. The number of aromatic nitrogens is 2. The van der Waals surface area contributed by atoms with Gasteiger partial charge in [0.15, 0.2) is 0 Å². The Hall–Kier alpha value is -1.71. The first-order valence-corrected chi connectivity index (χ1v) is 5.95. The molecule has 0 radical (unpaired) electrons. The third-order valence-electron chi connectivity index (χ3n) is 2.46. The molecule has 4 heteroatoms. The van der Waals surface area contributed by atoms with Crippen molar-refractivity contribution in [3.8, 4) is 11.1 Å². The van der Waals surface area contributed by atoms with Gasteiger partial charge in [-0.15, -0.1) is 0 Å². The summed E-state index contributed by atoms with van der Waals surface area (Å²) < 4.78 is 27.3. The van der Waals surface area contributed by atoms with Crippen LogP contribution >= 0.6 is 0 Å². The predicted molar refractivity (Wildman–Crippen MR) is 69.7 cm³/mol. The fourth-order valence-corrected chi connectivity index (χ4v) is 1.69. The van der Waals surface area contributed by atoms with Gasteiger partial charge in [-0.25, -0.2) is 8.78 Å². The number of benzene rings is 1. The summed E-state index contributed by atoms with van der Waals surface area (Å²) in [6, 6.07) is 5.06. The lowest BCUT2D eigenvalue weighted by Gasteiger charge is -2.07. The minimum absolute atomic E-state index is 0.0630. The molecule has 0 amide bonds. The summed E-state index contributed by atoms with van der Waals surface area (Å²) in [5.74, 6) is 0. The summed E-state index contributed by atoms with van der Waals surface area (Å²) in [4.78, 5) is 0. The first-order valence-electron chi connectivity index (χ1n) is 5.95. The van der Waals surface area contributed by atoms with Crippen molar-refractivity contribution in [3.05, 3.63) is 41.7 Å². The molecule has 0 fully saturated rings. The summed E-state index contributed by atoms with van der Waals surface area (Å²) in [7, 11) is 1.76. The monoisotopic (exact) mass is 252 g/mol. The lowest BCUT2D eigenvalue weighted by molar-refractivity contribution is 0.152. The van der Waals surface area contributed by atoms with Crippen molar-refractivity contribution in [1.82, 2.24) is 9.78 Å². The maximum atomic E-state index is 12.9. The van der Waals surface area contributed by atoms with Crippen LogP contribution in [0.4, 0.5) is 8.78 Å². The summed E-state index contributed by atoms with van der Waals surface area (Å²) in [5, 5.41) is 3.99. The molecule has 0 bridgehead atoms. The number of rotatable bonds is 2. The molecule has 0 aliphatic heterocycles. The van der Waals surface area contributed by atoms with Crippen molar-refractivity contribution in [1.29, 1.82) is 0 Å². The average molecular weight is 252 g/mol. The van der Waals surface area contributed by atoms with Crippen LogP contribution in [0.3, 0.4) is 0 Å². The first-order chi connectivity index (χ1) is 8.58. The second-order valence-electron chi connectivity index (χ2n) is 3.79. The molecule has 0 unspecified atom stereocenters. The van der Waals surface area contributed by atoms with E-state index in [0.29, 0.717) is 5.56 Å². The van der Waals surface area contributed by atoms with E-state index >= 15 is 0 Å². The predicted octanol–water partition coefficient (Wildman–Crippen LogP) is 4.36. The van der Waals surface area contributed by atoms with Crippen molar-refractivity contribution in [2.24, 2.45) is 7.05 Å². The van der Waals surface area contributed by atoms with Gasteiger partial charge < -0.3 is 0 Å². The van der Waals surface area contributed by atoms with Crippen LogP contribution in [0.2, 0.25) is 0 Å². The maximum Gasteiger partial charge on any atom is 0.264 e. The van der Waals surface area contributed by atoms with Crippen molar-refractivity contribution in [3.63, 3.8) is 0 Å². The lowest BCUT2D eigenvalue weighted by atomic mass is 10.0. The van der Waals surface area contributed by atoms with E-state index in [2.05, 4.69) is 5.10 Å². The molecule has 1 heterocycles. The zero-order valence-corrected chi connectivity index (χ0v) is 11.1. The number of nitrogens with zero attached hydrogens (tertiary/aromatic N) is 2. The van der Waals surface area contributed by atoms with Gasteiger partial charge in [-0.3, -0.25) is 4.68 Å².